The van der Waals surface area contributed by atoms with Gasteiger partial charge in [0.15, 0.2) is 0 Å². The largest absolute Gasteiger partial charge is 0.481 e. The molecule has 2 rings (SSSR count). The Morgan fingerprint density at radius 2 is 2.09 bits per heavy atom. The first kappa shape index (κ1) is 16.0. The second-order valence-electron chi connectivity index (χ2n) is 5.97. The lowest BCUT2D eigenvalue weighted by Gasteiger charge is -2.18. The fraction of sp³-hybridized carbons (Fsp3) is 0.375. The number of benzene rings is 1. The first-order chi connectivity index (χ1) is 10.3. The molecular weight excluding hydrogens is 287 g/mol. The maximum atomic E-state index is 13.1. The van der Waals surface area contributed by atoms with Gasteiger partial charge in [0, 0.05) is 23.6 Å². The summed E-state index contributed by atoms with van der Waals surface area (Å²) >= 11 is 0. The van der Waals surface area contributed by atoms with Crippen LogP contribution in [0.3, 0.4) is 0 Å². The molecule has 0 spiro atoms. The number of aliphatic carboxylic acids is 1. The summed E-state index contributed by atoms with van der Waals surface area (Å²) in [6.45, 7) is 3.54. The molecule has 1 aromatic carbocycles. The normalized spacial score (nSPS) is 11.6. The van der Waals surface area contributed by atoms with Crippen molar-refractivity contribution in [2.75, 3.05) is 6.54 Å². The van der Waals surface area contributed by atoms with Gasteiger partial charge in [-0.25, -0.2) is 4.39 Å². The van der Waals surface area contributed by atoms with Gasteiger partial charge < -0.3 is 15.4 Å². The molecule has 0 fully saturated rings. The molecule has 0 saturated heterocycles. The topological polar surface area (TPSA) is 82.2 Å². The van der Waals surface area contributed by atoms with Crippen LogP contribution in [0.25, 0.3) is 10.9 Å². The number of rotatable bonds is 6. The Labute approximate surface area is 127 Å². The number of aromatic nitrogens is 1. The molecule has 0 radical (unpaired) electrons. The van der Waals surface area contributed by atoms with Gasteiger partial charge in [0.2, 0.25) is 5.91 Å². The van der Waals surface area contributed by atoms with Crippen LogP contribution in [0.1, 0.15) is 25.8 Å². The average molecular weight is 306 g/mol. The van der Waals surface area contributed by atoms with E-state index < -0.39 is 11.4 Å². The van der Waals surface area contributed by atoms with Gasteiger partial charge in [-0.2, -0.15) is 0 Å². The van der Waals surface area contributed by atoms with E-state index in [4.69, 9.17) is 5.11 Å². The number of carbonyl (C=O) groups is 2. The lowest BCUT2D eigenvalue weighted by atomic mass is 9.90. The van der Waals surface area contributed by atoms with Gasteiger partial charge in [0.1, 0.15) is 5.82 Å². The number of aromatic amines is 1. The number of carbonyl (C=O) groups excluding carboxylic acids is 1. The van der Waals surface area contributed by atoms with Crippen LogP contribution in [0.15, 0.2) is 24.4 Å². The zero-order valence-corrected chi connectivity index (χ0v) is 12.6. The minimum absolute atomic E-state index is 0.166. The summed E-state index contributed by atoms with van der Waals surface area (Å²) in [6, 6.07) is 4.37. The average Bonchev–Trinajstić information content (AvgIpc) is 2.80. The number of amides is 1. The summed E-state index contributed by atoms with van der Waals surface area (Å²) in [6.07, 6.45) is 2.21. The molecule has 0 atom stereocenters. The van der Waals surface area contributed by atoms with Crippen molar-refractivity contribution < 1.29 is 19.1 Å². The lowest BCUT2D eigenvalue weighted by molar-refractivity contribution is -0.147. The van der Waals surface area contributed by atoms with Crippen molar-refractivity contribution in [1.82, 2.24) is 10.3 Å². The molecule has 0 saturated carbocycles. The number of carboxylic acid groups (broad SMARTS) is 1. The maximum Gasteiger partial charge on any atom is 0.309 e. The number of hydrogen-bond donors (Lipinski definition) is 3. The smallest absolute Gasteiger partial charge is 0.309 e. The molecule has 0 bridgehead atoms. The van der Waals surface area contributed by atoms with E-state index in [0.717, 1.165) is 10.9 Å². The number of hydrogen-bond acceptors (Lipinski definition) is 2. The van der Waals surface area contributed by atoms with Gasteiger partial charge >= 0.3 is 5.97 Å². The zero-order chi connectivity index (χ0) is 16.3. The van der Waals surface area contributed by atoms with Crippen LogP contribution in [-0.2, 0) is 16.0 Å². The van der Waals surface area contributed by atoms with Gasteiger partial charge in [-0.1, -0.05) is 0 Å². The molecule has 0 aliphatic rings. The molecule has 118 valence electrons. The van der Waals surface area contributed by atoms with E-state index in [0.29, 0.717) is 18.5 Å². The predicted octanol–water partition coefficient (Wildman–Crippen LogP) is 2.47. The van der Waals surface area contributed by atoms with Crippen LogP contribution in [0.5, 0.6) is 0 Å². The third kappa shape index (κ3) is 3.63. The Morgan fingerprint density at radius 1 is 1.36 bits per heavy atom. The van der Waals surface area contributed by atoms with Crippen LogP contribution in [0.4, 0.5) is 4.39 Å². The Bertz CT molecular complexity index is 706. The van der Waals surface area contributed by atoms with Crippen LogP contribution in [-0.4, -0.2) is 28.5 Å². The number of nitrogens with one attached hydrogen (secondary N) is 2. The lowest BCUT2D eigenvalue weighted by Crippen LogP contribution is -2.32. The molecule has 1 aromatic heterocycles. The summed E-state index contributed by atoms with van der Waals surface area (Å²) < 4.78 is 13.1. The molecule has 3 N–H and O–H groups in total. The molecule has 22 heavy (non-hydrogen) atoms. The van der Waals surface area contributed by atoms with Gasteiger partial charge in [-0.3, -0.25) is 9.59 Å². The zero-order valence-electron chi connectivity index (χ0n) is 12.6. The Hall–Kier alpha value is -2.37. The second-order valence-corrected chi connectivity index (χ2v) is 5.97. The molecule has 1 amide bonds. The Balaban J connectivity index is 1.93. The highest BCUT2D eigenvalue weighted by molar-refractivity contribution is 5.88. The van der Waals surface area contributed by atoms with E-state index in [-0.39, 0.29) is 18.1 Å². The standard InChI is InChI=1S/C16H19FN2O3/c1-16(2,15(21)22)5-6-18-14(20)7-10-9-19-13-8-11(17)3-4-12(10)13/h3-4,8-9,19H,5-7H2,1-2H3,(H,18,20)(H,21,22). The summed E-state index contributed by atoms with van der Waals surface area (Å²) in [4.78, 5) is 25.8. The van der Waals surface area contributed by atoms with E-state index in [1.807, 2.05) is 0 Å². The highest BCUT2D eigenvalue weighted by Crippen LogP contribution is 2.21. The van der Waals surface area contributed by atoms with Crippen LogP contribution >= 0.6 is 0 Å². The monoisotopic (exact) mass is 306 g/mol. The van der Waals surface area contributed by atoms with Crippen molar-refractivity contribution in [2.45, 2.75) is 26.7 Å². The maximum absolute atomic E-state index is 13.1. The number of fused-ring (bicyclic) bond motifs is 1. The van der Waals surface area contributed by atoms with Crippen molar-refractivity contribution >= 4 is 22.8 Å². The summed E-state index contributed by atoms with van der Waals surface area (Å²) in [5, 5.41) is 12.5. The Morgan fingerprint density at radius 3 is 2.77 bits per heavy atom. The molecular formula is C16H19FN2O3. The third-order valence-corrected chi connectivity index (χ3v) is 3.73. The highest BCUT2D eigenvalue weighted by atomic mass is 19.1. The van der Waals surface area contributed by atoms with Gasteiger partial charge in [0.25, 0.3) is 0 Å². The Kier molecular flexibility index (Phi) is 4.49. The molecule has 5 nitrogen and oxygen atoms in total. The molecule has 2 aromatic rings. The molecule has 0 aliphatic carbocycles. The second kappa shape index (κ2) is 6.17. The molecule has 1 heterocycles. The number of H-pyrrole nitrogens is 1. The first-order valence-corrected chi connectivity index (χ1v) is 7.05. The van der Waals surface area contributed by atoms with E-state index in [1.54, 1.807) is 26.1 Å². The van der Waals surface area contributed by atoms with Crippen molar-refractivity contribution in [3.8, 4) is 0 Å². The van der Waals surface area contributed by atoms with Crippen LogP contribution in [0, 0.1) is 11.2 Å². The summed E-state index contributed by atoms with van der Waals surface area (Å²) in [5.74, 6) is -1.41. The SMILES string of the molecule is CC(C)(CCNC(=O)Cc1c[nH]c2cc(F)ccc12)C(=O)O. The predicted molar refractivity (Wildman–Crippen MR) is 81.0 cm³/mol. The van der Waals surface area contributed by atoms with E-state index in [9.17, 15) is 14.0 Å². The quantitative estimate of drug-likeness (QED) is 0.766. The van der Waals surface area contributed by atoms with Gasteiger partial charge in [-0.15, -0.1) is 0 Å². The van der Waals surface area contributed by atoms with Gasteiger partial charge in [0.05, 0.1) is 11.8 Å². The van der Waals surface area contributed by atoms with E-state index in [2.05, 4.69) is 10.3 Å². The fourth-order valence-corrected chi connectivity index (χ4v) is 2.16. The minimum atomic E-state index is -0.889. The van der Waals surface area contributed by atoms with Crippen molar-refractivity contribution in [2.24, 2.45) is 5.41 Å². The van der Waals surface area contributed by atoms with Crippen LogP contribution in [0.2, 0.25) is 0 Å². The van der Waals surface area contributed by atoms with E-state index in [1.165, 1.54) is 12.1 Å². The van der Waals surface area contributed by atoms with Crippen LogP contribution < -0.4 is 5.32 Å². The van der Waals surface area contributed by atoms with Crippen molar-refractivity contribution in [1.29, 1.82) is 0 Å². The number of halogens is 1. The molecule has 0 aliphatic heterocycles. The summed E-state index contributed by atoms with van der Waals surface area (Å²) in [7, 11) is 0. The molecule has 6 heteroatoms. The van der Waals surface area contributed by atoms with Gasteiger partial charge in [-0.05, 0) is 44.0 Å². The third-order valence-electron chi connectivity index (χ3n) is 3.73. The molecule has 0 unspecified atom stereocenters. The first-order valence-electron chi connectivity index (χ1n) is 7.05. The number of carboxylic acids is 1. The van der Waals surface area contributed by atoms with Crippen molar-refractivity contribution in [3.63, 3.8) is 0 Å². The van der Waals surface area contributed by atoms with E-state index >= 15 is 0 Å². The minimum Gasteiger partial charge on any atom is -0.481 e. The summed E-state index contributed by atoms with van der Waals surface area (Å²) in [5.41, 5.74) is 0.561. The fourth-order valence-electron chi connectivity index (χ4n) is 2.16. The highest BCUT2D eigenvalue weighted by Gasteiger charge is 2.26. The van der Waals surface area contributed by atoms with Crippen molar-refractivity contribution in [3.05, 3.63) is 35.8 Å².